The first-order valence-corrected chi connectivity index (χ1v) is 11.0. The molecule has 1 amide bonds. The van der Waals surface area contributed by atoms with Crippen molar-refractivity contribution in [2.45, 2.75) is 32.5 Å². The van der Waals surface area contributed by atoms with Crippen molar-refractivity contribution in [2.75, 3.05) is 0 Å². The lowest BCUT2D eigenvalue weighted by Crippen LogP contribution is -2.17. The van der Waals surface area contributed by atoms with E-state index >= 15 is 0 Å². The molecule has 0 aliphatic rings. The molecule has 1 atom stereocenters. The smallest absolute Gasteiger partial charge is 0.364 e. The zero-order valence-electron chi connectivity index (χ0n) is 18.5. The molecular weight excluding hydrogens is 465 g/mol. The molecule has 0 bridgehead atoms. The summed E-state index contributed by atoms with van der Waals surface area (Å²) in [6, 6.07) is 12.2. The number of carbonyl (C=O) groups excluding carboxylic acids is 1. The van der Waals surface area contributed by atoms with Crippen molar-refractivity contribution in [3.05, 3.63) is 82.8 Å². The van der Waals surface area contributed by atoms with Crippen LogP contribution in [0.3, 0.4) is 0 Å². The van der Waals surface area contributed by atoms with Gasteiger partial charge in [-0.25, -0.2) is 0 Å². The first-order valence-electron chi connectivity index (χ1n) is 10.6. The van der Waals surface area contributed by atoms with Crippen molar-refractivity contribution in [3.8, 4) is 11.1 Å². The van der Waals surface area contributed by atoms with E-state index < -0.39 is 17.6 Å². The van der Waals surface area contributed by atoms with E-state index in [9.17, 15) is 18.0 Å². The Morgan fingerprint density at radius 1 is 1.09 bits per heavy atom. The number of amides is 1. The van der Waals surface area contributed by atoms with Gasteiger partial charge in [-0.15, -0.1) is 0 Å². The van der Waals surface area contributed by atoms with E-state index in [1.54, 1.807) is 18.5 Å². The summed E-state index contributed by atoms with van der Waals surface area (Å²) in [6.07, 6.45) is -0.323. The minimum atomic E-state index is -4.46. The maximum atomic E-state index is 13.0. The predicted molar refractivity (Wildman–Crippen MR) is 126 cm³/mol. The molecule has 2 aromatic carbocycles. The van der Waals surface area contributed by atoms with E-state index in [-0.39, 0.29) is 16.8 Å². The lowest BCUT2D eigenvalue weighted by atomic mass is 9.97. The van der Waals surface area contributed by atoms with Gasteiger partial charge in [0.05, 0.1) is 23.3 Å². The highest BCUT2D eigenvalue weighted by Crippen LogP contribution is 2.37. The van der Waals surface area contributed by atoms with E-state index in [0.29, 0.717) is 17.0 Å². The number of aromatic nitrogens is 3. The number of benzene rings is 2. The Labute approximate surface area is 199 Å². The van der Waals surface area contributed by atoms with Gasteiger partial charge in [-0.2, -0.15) is 18.3 Å². The molecule has 2 aromatic heterocycles. The van der Waals surface area contributed by atoms with Crippen molar-refractivity contribution >= 4 is 28.4 Å². The summed E-state index contributed by atoms with van der Waals surface area (Å²) in [6.45, 7) is 4.21. The molecule has 2 N–H and O–H groups in total. The van der Waals surface area contributed by atoms with Crippen LogP contribution in [0.25, 0.3) is 22.0 Å². The lowest BCUT2D eigenvalue weighted by Gasteiger charge is -2.21. The summed E-state index contributed by atoms with van der Waals surface area (Å²) in [5.41, 5.74) is 7.66. The van der Waals surface area contributed by atoms with Crippen LogP contribution in [0.1, 0.15) is 47.9 Å². The summed E-state index contributed by atoms with van der Waals surface area (Å²) in [4.78, 5) is 15.6. The number of rotatable bonds is 6. The highest BCUT2D eigenvalue weighted by molar-refractivity contribution is 6.33. The Kier molecular flexibility index (Phi) is 6.36. The SMILES string of the molecule is CC(C)CC(c1ccc(C(N)=O)nc1)n1ncc2cc(-c3ccc(C(F)(F)F)cc3Cl)ccc21. The molecular formula is C25H22ClF3N4O. The fourth-order valence-corrected chi connectivity index (χ4v) is 4.26. The fraction of sp³-hybridized carbons (Fsp3) is 0.240. The molecule has 0 aliphatic carbocycles. The van der Waals surface area contributed by atoms with Crippen LogP contribution < -0.4 is 5.73 Å². The molecule has 5 nitrogen and oxygen atoms in total. The normalized spacial score (nSPS) is 12.9. The van der Waals surface area contributed by atoms with Crippen molar-refractivity contribution in [1.29, 1.82) is 0 Å². The van der Waals surface area contributed by atoms with Gasteiger partial charge in [0, 0.05) is 22.2 Å². The van der Waals surface area contributed by atoms with Crippen LogP contribution >= 0.6 is 11.6 Å². The average Bonchev–Trinajstić information content (AvgIpc) is 3.19. The van der Waals surface area contributed by atoms with Crippen LogP contribution in [0.15, 0.2) is 60.9 Å². The van der Waals surface area contributed by atoms with Crippen LogP contribution in [0, 0.1) is 5.92 Å². The molecule has 1 unspecified atom stereocenters. The summed E-state index contributed by atoms with van der Waals surface area (Å²) in [5.74, 6) is -0.240. The second kappa shape index (κ2) is 9.10. The van der Waals surface area contributed by atoms with E-state index in [2.05, 4.69) is 23.9 Å². The zero-order chi connectivity index (χ0) is 24.6. The Morgan fingerprint density at radius 2 is 1.85 bits per heavy atom. The number of carbonyl (C=O) groups is 1. The largest absolute Gasteiger partial charge is 0.416 e. The molecule has 0 aliphatic heterocycles. The molecule has 2 heterocycles. The molecule has 0 radical (unpaired) electrons. The van der Waals surface area contributed by atoms with Gasteiger partial charge in [0.25, 0.3) is 5.91 Å². The van der Waals surface area contributed by atoms with Crippen LogP contribution in [-0.2, 0) is 6.18 Å². The highest BCUT2D eigenvalue weighted by Gasteiger charge is 2.31. The number of alkyl halides is 3. The minimum Gasteiger partial charge on any atom is -0.364 e. The van der Waals surface area contributed by atoms with Gasteiger partial charge < -0.3 is 5.73 Å². The molecule has 34 heavy (non-hydrogen) atoms. The van der Waals surface area contributed by atoms with Gasteiger partial charge in [-0.1, -0.05) is 43.6 Å². The zero-order valence-corrected chi connectivity index (χ0v) is 19.2. The molecule has 176 valence electrons. The van der Waals surface area contributed by atoms with Crippen molar-refractivity contribution in [2.24, 2.45) is 11.7 Å². The van der Waals surface area contributed by atoms with E-state index in [1.165, 1.54) is 6.07 Å². The van der Waals surface area contributed by atoms with Crippen molar-refractivity contribution in [3.63, 3.8) is 0 Å². The minimum absolute atomic E-state index is 0.0277. The van der Waals surface area contributed by atoms with Crippen LogP contribution in [-0.4, -0.2) is 20.7 Å². The summed E-state index contributed by atoms with van der Waals surface area (Å²) >= 11 is 6.19. The molecule has 0 saturated carbocycles. The number of hydrogen-bond donors (Lipinski definition) is 1. The van der Waals surface area contributed by atoms with E-state index in [1.807, 2.05) is 28.9 Å². The summed E-state index contributed by atoms with van der Waals surface area (Å²) in [5, 5.41) is 5.45. The topological polar surface area (TPSA) is 73.8 Å². The number of halogens is 4. The van der Waals surface area contributed by atoms with Crippen molar-refractivity contribution in [1.82, 2.24) is 14.8 Å². The van der Waals surface area contributed by atoms with Gasteiger partial charge in [0.1, 0.15) is 5.69 Å². The van der Waals surface area contributed by atoms with Crippen LogP contribution in [0.5, 0.6) is 0 Å². The van der Waals surface area contributed by atoms with Gasteiger partial charge in [-0.05, 0) is 53.8 Å². The standard InChI is InChI=1S/C25H22ClF3N4O/c1-14(2)9-23(16-3-7-21(24(30)34)31-12-16)33-22-8-4-15(10-17(22)13-32-33)19-6-5-18(11-20(19)26)25(27,28)29/h3-8,10-14,23H,9H2,1-2H3,(H2,30,34). The second-order valence-electron chi connectivity index (χ2n) is 8.54. The lowest BCUT2D eigenvalue weighted by molar-refractivity contribution is -0.137. The Hall–Kier alpha value is -3.39. The van der Waals surface area contributed by atoms with Gasteiger partial charge in [0.15, 0.2) is 0 Å². The summed E-state index contributed by atoms with van der Waals surface area (Å²) < 4.78 is 40.8. The highest BCUT2D eigenvalue weighted by atomic mass is 35.5. The quantitative estimate of drug-likeness (QED) is 0.338. The molecule has 0 saturated heterocycles. The van der Waals surface area contributed by atoms with Crippen LogP contribution in [0.4, 0.5) is 13.2 Å². The molecule has 4 rings (SSSR count). The number of fused-ring (bicyclic) bond motifs is 1. The average molecular weight is 487 g/mol. The van der Waals surface area contributed by atoms with Gasteiger partial charge in [0.2, 0.25) is 0 Å². The Bertz CT molecular complexity index is 1350. The maximum Gasteiger partial charge on any atom is 0.416 e. The molecule has 0 spiro atoms. The maximum absolute atomic E-state index is 13.0. The first kappa shape index (κ1) is 23.8. The number of pyridine rings is 1. The third-order valence-corrected chi connectivity index (χ3v) is 5.93. The molecule has 0 fully saturated rings. The number of primary amides is 1. The number of hydrogen-bond acceptors (Lipinski definition) is 3. The Morgan fingerprint density at radius 3 is 2.44 bits per heavy atom. The predicted octanol–water partition coefficient (Wildman–Crippen LogP) is 6.50. The van der Waals surface area contributed by atoms with Crippen LogP contribution in [0.2, 0.25) is 5.02 Å². The number of nitrogens with zero attached hydrogens (tertiary/aromatic N) is 3. The fourth-order valence-electron chi connectivity index (χ4n) is 3.97. The summed E-state index contributed by atoms with van der Waals surface area (Å²) in [7, 11) is 0. The third kappa shape index (κ3) is 4.77. The Balaban J connectivity index is 1.73. The van der Waals surface area contributed by atoms with E-state index in [4.69, 9.17) is 17.3 Å². The second-order valence-corrected chi connectivity index (χ2v) is 8.95. The monoisotopic (exact) mass is 486 g/mol. The van der Waals surface area contributed by atoms with Gasteiger partial charge >= 0.3 is 6.18 Å². The van der Waals surface area contributed by atoms with E-state index in [0.717, 1.165) is 35.0 Å². The first-order chi connectivity index (χ1) is 16.0. The molecule has 9 heteroatoms. The van der Waals surface area contributed by atoms with Gasteiger partial charge in [-0.3, -0.25) is 14.5 Å². The molecule has 4 aromatic rings. The number of nitrogens with two attached hydrogens (primary N) is 1. The third-order valence-electron chi connectivity index (χ3n) is 5.62. The van der Waals surface area contributed by atoms with Crippen molar-refractivity contribution < 1.29 is 18.0 Å².